The highest BCUT2D eigenvalue weighted by atomic mass is 35.5. The van der Waals surface area contributed by atoms with Gasteiger partial charge in [0.15, 0.2) is 0 Å². The SMILES string of the molecule is C[C@@H]1CCCC[C@@]12NC(=O)N(CC(=O)N1CCCN(C(=O)Nc3cccc(Cl)c3)CC1)C2=O. The van der Waals surface area contributed by atoms with E-state index >= 15 is 0 Å². The van der Waals surface area contributed by atoms with E-state index in [1.807, 2.05) is 6.92 Å². The number of benzene rings is 1. The van der Waals surface area contributed by atoms with Gasteiger partial charge in [-0.25, -0.2) is 9.59 Å². The van der Waals surface area contributed by atoms with E-state index in [2.05, 4.69) is 10.6 Å². The monoisotopic (exact) mass is 475 g/mol. The molecule has 178 valence electrons. The lowest BCUT2D eigenvalue weighted by Gasteiger charge is -2.36. The van der Waals surface area contributed by atoms with Crippen LogP contribution < -0.4 is 10.6 Å². The van der Waals surface area contributed by atoms with Gasteiger partial charge in [-0.15, -0.1) is 0 Å². The molecule has 0 unspecified atom stereocenters. The molecule has 1 aromatic carbocycles. The van der Waals surface area contributed by atoms with E-state index in [0.29, 0.717) is 49.7 Å². The van der Waals surface area contributed by atoms with E-state index in [-0.39, 0.29) is 30.3 Å². The molecule has 2 N–H and O–H groups in total. The highest BCUT2D eigenvalue weighted by Crippen LogP contribution is 2.38. The van der Waals surface area contributed by atoms with Crippen LogP contribution in [0.1, 0.15) is 39.0 Å². The molecule has 3 aliphatic rings. The number of hydrogen-bond donors (Lipinski definition) is 2. The summed E-state index contributed by atoms with van der Waals surface area (Å²) in [5, 5.41) is 6.24. The number of nitrogens with one attached hydrogen (secondary N) is 2. The predicted octanol–water partition coefficient (Wildman–Crippen LogP) is 2.91. The fraction of sp³-hybridized carbons (Fsp3) is 0.565. The van der Waals surface area contributed by atoms with E-state index in [4.69, 9.17) is 11.6 Å². The minimum absolute atomic E-state index is 0.0487. The van der Waals surface area contributed by atoms with Crippen LogP contribution in [0.5, 0.6) is 0 Å². The molecule has 1 aromatic rings. The third-order valence-corrected chi connectivity index (χ3v) is 7.24. The predicted molar refractivity (Wildman–Crippen MR) is 124 cm³/mol. The second kappa shape index (κ2) is 9.59. The number of anilines is 1. The van der Waals surface area contributed by atoms with Crippen LogP contribution in [0.3, 0.4) is 0 Å². The van der Waals surface area contributed by atoms with Gasteiger partial charge in [0.2, 0.25) is 5.91 Å². The van der Waals surface area contributed by atoms with Gasteiger partial charge in [0, 0.05) is 36.9 Å². The number of rotatable bonds is 3. The standard InChI is InChI=1S/C23H30ClN5O4/c1-16-6-2-3-9-23(16)20(31)29(22(33)26-23)15-19(30)27-10-5-11-28(13-12-27)21(32)25-18-8-4-7-17(24)14-18/h4,7-8,14,16H,2-3,5-6,9-13,15H2,1H3,(H,25,32)(H,26,33)/t16-,23-/m1/s1. The third kappa shape index (κ3) is 4.78. The summed E-state index contributed by atoms with van der Waals surface area (Å²) in [5.74, 6) is -0.519. The van der Waals surface area contributed by atoms with Gasteiger partial charge < -0.3 is 20.4 Å². The molecule has 10 heteroatoms. The van der Waals surface area contributed by atoms with Crippen molar-refractivity contribution in [2.75, 3.05) is 38.0 Å². The first-order chi connectivity index (χ1) is 15.8. The highest BCUT2D eigenvalue weighted by Gasteiger charge is 2.55. The van der Waals surface area contributed by atoms with E-state index in [9.17, 15) is 19.2 Å². The summed E-state index contributed by atoms with van der Waals surface area (Å²) in [6.07, 6.45) is 4.03. The summed E-state index contributed by atoms with van der Waals surface area (Å²) in [5.41, 5.74) is -0.266. The Bertz CT molecular complexity index is 957. The highest BCUT2D eigenvalue weighted by molar-refractivity contribution is 6.30. The first kappa shape index (κ1) is 23.4. The molecule has 2 heterocycles. The van der Waals surface area contributed by atoms with Crippen LogP contribution in [0.25, 0.3) is 0 Å². The summed E-state index contributed by atoms with van der Waals surface area (Å²) >= 11 is 5.97. The van der Waals surface area contributed by atoms with Crippen molar-refractivity contribution in [3.8, 4) is 0 Å². The zero-order valence-electron chi connectivity index (χ0n) is 18.8. The molecule has 2 aliphatic heterocycles. The zero-order valence-corrected chi connectivity index (χ0v) is 19.6. The van der Waals surface area contributed by atoms with Crippen molar-refractivity contribution in [1.82, 2.24) is 20.0 Å². The smallest absolute Gasteiger partial charge is 0.325 e. The number of carbonyl (C=O) groups is 4. The lowest BCUT2D eigenvalue weighted by atomic mass is 9.73. The molecule has 0 radical (unpaired) electrons. The van der Waals surface area contributed by atoms with Gasteiger partial charge in [0.05, 0.1) is 0 Å². The van der Waals surface area contributed by atoms with E-state index < -0.39 is 11.6 Å². The number of urea groups is 2. The third-order valence-electron chi connectivity index (χ3n) is 7.01. The summed E-state index contributed by atoms with van der Waals surface area (Å²) in [4.78, 5) is 55.7. The number of hydrogen-bond acceptors (Lipinski definition) is 4. The fourth-order valence-corrected chi connectivity index (χ4v) is 5.20. The van der Waals surface area contributed by atoms with Crippen LogP contribution >= 0.6 is 11.6 Å². The Labute approximate surface area is 198 Å². The largest absolute Gasteiger partial charge is 0.339 e. The molecule has 6 amide bonds. The molecule has 1 aliphatic carbocycles. The van der Waals surface area contributed by atoms with Gasteiger partial charge in [-0.3, -0.25) is 14.5 Å². The molecule has 0 aromatic heterocycles. The molecule has 9 nitrogen and oxygen atoms in total. The van der Waals surface area contributed by atoms with Crippen LogP contribution in [0, 0.1) is 5.92 Å². The van der Waals surface area contributed by atoms with Gasteiger partial charge in [0.1, 0.15) is 12.1 Å². The second-order valence-electron chi connectivity index (χ2n) is 9.10. The van der Waals surface area contributed by atoms with Crippen LogP contribution in [0.2, 0.25) is 5.02 Å². The molecule has 2 atom stereocenters. The number of amides is 6. The van der Waals surface area contributed by atoms with Crippen molar-refractivity contribution in [2.24, 2.45) is 5.92 Å². The summed E-state index contributed by atoms with van der Waals surface area (Å²) < 4.78 is 0. The molecule has 1 spiro atoms. The van der Waals surface area contributed by atoms with Crippen LogP contribution in [0.4, 0.5) is 15.3 Å². The molecule has 4 rings (SSSR count). The van der Waals surface area contributed by atoms with Crippen LogP contribution in [-0.2, 0) is 9.59 Å². The van der Waals surface area contributed by atoms with Gasteiger partial charge in [-0.05, 0) is 43.4 Å². The number of nitrogens with zero attached hydrogens (tertiary/aromatic N) is 3. The molecule has 33 heavy (non-hydrogen) atoms. The van der Waals surface area contributed by atoms with Crippen molar-refractivity contribution in [3.05, 3.63) is 29.3 Å². The summed E-state index contributed by atoms with van der Waals surface area (Å²) in [7, 11) is 0. The van der Waals surface area contributed by atoms with Crippen LogP contribution in [-0.4, -0.2) is 76.8 Å². The Morgan fingerprint density at radius 1 is 1.12 bits per heavy atom. The molecule has 3 fully saturated rings. The maximum absolute atomic E-state index is 13.1. The summed E-state index contributed by atoms with van der Waals surface area (Å²) in [6.45, 7) is 3.38. The molecular formula is C23H30ClN5O4. The molecule has 1 saturated carbocycles. The quantitative estimate of drug-likeness (QED) is 0.656. The topological polar surface area (TPSA) is 102 Å². The van der Waals surface area contributed by atoms with Crippen molar-refractivity contribution >= 4 is 41.2 Å². The molecule has 0 bridgehead atoms. The van der Waals surface area contributed by atoms with Gasteiger partial charge >= 0.3 is 12.1 Å². The Morgan fingerprint density at radius 2 is 1.88 bits per heavy atom. The van der Waals surface area contributed by atoms with E-state index in [0.717, 1.165) is 24.2 Å². The summed E-state index contributed by atoms with van der Waals surface area (Å²) in [6, 6.07) is 6.18. The Balaban J connectivity index is 1.34. The Hall–Kier alpha value is -2.81. The normalized spacial score (nSPS) is 25.8. The Kier molecular flexibility index (Phi) is 6.78. The fourth-order valence-electron chi connectivity index (χ4n) is 5.01. The number of halogens is 1. The van der Waals surface area contributed by atoms with Crippen LogP contribution in [0.15, 0.2) is 24.3 Å². The van der Waals surface area contributed by atoms with Gasteiger partial charge in [0.25, 0.3) is 5.91 Å². The van der Waals surface area contributed by atoms with E-state index in [1.54, 1.807) is 34.1 Å². The van der Waals surface area contributed by atoms with Crippen molar-refractivity contribution in [3.63, 3.8) is 0 Å². The van der Waals surface area contributed by atoms with Gasteiger partial charge in [-0.1, -0.05) is 37.4 Å². The maximum atomic E-state index is 13.1. The van der Waals surface area contributed by atoms with Gasteiger partial charge in [-0.2, -0.15) is 0 Å². The Morgan fingerprint density at radius 3 is 2.64 bits per heavy atom. The van der Waals surface area contributed by atoms with Crippen molar-refractivity contribution in [2.45, 2.75) is 44.6 Å². The average molecular weight is 476 g/mol. The van der Waals surface area contributed by atoms with Crippen molar-refractivity contribution < 1.29 is 19.2 Å². The number of carbonyl (C=O) groups excluding carboxylic acids is 4. The number of imide groups is 1. The molecule has 2 saturated heterocycles. The lowest BCUT2D eigenvalue weighted by Crippen LogP contribution is -2.54. The first-order valence-corrected chi connectivity index (χ1v) is 11.9. The minimum atomic E-state index is -0.871. The average Bonchev–Trinajstić information content (AvgIpc) is 2.95. The van der Waals surface area contributed by atoms with E-state index in [1.165, 1.54) is 0 Å². The molecular weight excluding hydrogens is 446 g/mol. The minimum Gasteiger partial charge on any atom is -0.339 e. The first-order valence-electron chi connectivity index (χ1n) is 11.5. The zero-order chi connectivity index (χ0) is 23.6. The van der Waals surface area contributed by atoms with Crippen molar-refractivity contribution in [1.29, 1.82) is 0 Å². The lowest BCUT2D eigenvalue weighted by molar-refractivity contribution is -0.140. The second-order valence-corrected chi connectivity index (χ2v) is 9.54. The maximum Gasteiger partial charge on any atom is 0.325 e.